The predicted octanol–water partition coefficient (Wildman–Crippen LogP) is 3.97. The Kier molecular flexibility index (Phi) is 5.18. The number of ether oxygens (including phenoxy) is 1. The van der Waals surface area contributed by atoms with Crippen LogP contribution in [0.4, 0.5) is 0 Å². The number of H-pyrrole nitrogens is 2. The average molecular weight is 371 g/mol. The van der Waals surface area contributed by atoms with Crippen LogP contribution >= 0.6 is 11.8 Å². The Balaban J connectivity index is 1.80. The molecule has 0 radical (unpaired) electrons. The van der Waals surface area contributed by atoms with Crippen molar-refractivity contribution < 1.29 is 14.3 Å². The Morgan fingerprint density at radius 3 is 2.58 bits per heavy atom. The lowest BCUT2D eigenvalue weighted by molar-refractivity contribution is 0.0522. The molecule has 0 amide bonds. The highest BCUT2D eigenvalue weighted by Crippen LogP contribution is 2.25. The Labute approximate surface area is 155 Å². The smallest absolute Gasteiger partial charge is 0.340 e. The first-order valence-electron chi connectivity index (χ1n) is 8.39. The van der Waals surface area contributed by atoms with Gasteiger partial charge in [-0.2, -0.15) is 0 Å². The summed E-state index contributed by atoms with van der Waals surface area (Å²) in [5.41, 5.74) is 5.01. The van der Waals surface area contributed by atoms with Gasteiger partial charge in [-0.05, 0) is 45.4 Å². The minimum Gasteiger partial charge on any atom is -0.462 e. The summed E-state index contributed by atoms with van der Waals surface area (Å²) in [6, 6.07) is 5.97. The summed E-state index contributed by atoms with van der Waals surface area (Å²) in [4.78, 5) is 35.7. The minimum absolute atomic E-state index is 0.128. The number of benzene rings is 1. The van der Waals surface area contributed by atoms with E-state index in [0.29, 0.717) is 27.7 Å². The molecule has 3 aromatic rings. The van der Waals surface area contributed by atoms with Crippen LogP contribution in [0.2, 0.25) is 0 Å². The number of nitrogens with zero attached hydrogens (tertiary/aromatic N) is 1. The van der Waals surface area contributed by atoms with Gasteiger partial charge in [-0.3, -0.25) is 4.79 Å². The van der Waals surface area contributed by atoms with Crippen LogP contribution in [0, 0.1) is 20.8 Å². The van der Waals surface area contributed by atoms with Gasteiger partial charge in [-0.1, -0.05) is 17.8 Å². The molecule has 2 N–H and O–H groups in total. The molecule has 2 heterocycles. The van der Waals surface area contributed by atoms with E-state index in [2.05, 4.69) is 15.0 Å². The average Bonchev–Trinajstić information content (AvgIpc) is 3.12. The van der Waals surface area contributed by atoms with E-state index >= 15 is 0 Å². The highest BCUT2D eigenvalue weighted by molar-refractivity contribution is 7.99. The number of aromatic amines is 2. The first-order chi connectivity index (χ1) is 12.4. The fourth-order valence-electron chi connectivity index (χ4n) is 2.96. The number of Topliss-reactive ketones (excluding diaryl/α,β-unsaturated/α-hetero) is 1. The Morgan fingerprint density at radius 1 is 1.12 bits per heavy atom. The van der Waals surface area contributed by atoms with Crippen molar-refractivity contribution in [3.63, 3.8) is 0 Å². The van der Waals surface area contributed by atoms with Gasteiger partial charge in [0.05, 0.1) is 34.5 Å². The molecule has 0 bridgehead atoms. The van der Waals surface area contributed by atoms with Crippen LogP contribution in [0.25, 0.3) is 11.0 Å². The highest BCUT2D eigenvalue weighted by atomic mass is 32.2. The first-order valence-corrected chi connectivity index (χ1v) is 9.38. The van der Waals surface area contributed by atoms with Crippen LogP contribution in [0.1, 0.15) is 44.6 Å². The second kappa shape index (κ2) is 7.37. The molecule has 0 spiro atoms. The van der Waals surface area contributed by atoms with Gasteiger partial charge in [0, 0.05) is 11.4 Å². The lowest BCUT2D eigenvalue weighted by Crippen LogP contribution is -2.13. The number of hydrogen-bond acceptors (Lipinski definition) is 5. The summed E-state index contributed by atoms with van der Waals surface area (Å²) in [6.45, 7) is 7.59. The Bertz CT molecular complexity index is 987. The molecule has 136 valence electrons. The predicted molar refractivity (Wildman–Crippen MR) is 102 cm³/mol. The molecule has 3 rings (SSSR count). The number of nitrogens with one attached hydrogen (secondary N) is 2. The van der Waals surface area contributed by atoms with Gasteiger partial charge in [0.15, 0.2) is 10.9 Å². The third kappa shape index (κ3) is 3.53. The molecule has 6 nitrogen and oxygen atoms in total. The summed E-state index contributed by atoms with van der Waals surface area (Å²) in [5.74, 6) is -0.415. The van der Waals surface area contributed by atoms with Gasteiger partial charge in [-0.15, -0.1) is 0 Å². The zero-order chi connectivity index (χ0) is 18.8. The molecule has 1 aromatic carbocycles. The largest absolute Gasteiger partial charge is 0.462 e. The van der Waals surface area contributed by atoms with Gasteiger partial charge in [-0.25, -0.2) is 9.78 Å². The minimum atomic E-state index is -0.470. The second-order valence-electron chi connectivity index (χ2n) is 6.12. The van der Waals surface area contributed by atoms with Crippen molar-refractivity contribution in [3.05, 3.63) is 46.3 Å². The van der Waals surface area contributed by atoms with Gasteiger partial charge < -0.3 is 14.7 Å². The third-order valence-electron chi connectivity index (χ3n) is 4.09. The molecule has 0 fully saturated rings. The van der Waals surface area contributed by atoms with Crippen molar-refractivity contribution in [2.75, 3.05) is 12.4 Å². The topological polar surface area (TPSA) is 87.8 Å². The van der Waals surface area contributed by atoms with E-state index in [1.165, 1.54) is 11.8 Å². The van der Waals surface area contributed by atoms with Crippen molar-refractivity contribution in [3.8, 4) is 0 Å². The number of aryl methyl sites for hydroxylation is 3. The number of carbonyl (C=O) groups excluding carboxylic acids is 2. The highest BCUT2D eigenvalue weighted by Gasteiger charge is 2.25. The van der Waals surface area contributed by atoms with Crippen molar-refractivity contribution in [2.24, 2.45) is 0 Å². The fourth-order valence-corrected chi connectivity index (χ4v) is 3.72. The maximum absolute atomic E-state index is 12.8. The lowest BCUT2D eigenvalue weighted by Gasteiger charge is -2.05. The Morgan fingerprint density at radius 2 is 1.85 bits per heavy atom. The lowest BCUT2D eigenvalue weighted by atomic mass is 10.1. The van der Waals surface area contributed by atoms with Gasteiger partial charge in [0.1, 0.15) is 0 Å². The third-order valence-corrected chi connectivity index (χ3v) is 4.96. The Hall–Kier alpha value is -2.54. The van der Waals surface area contributed by atoms with Gasteiger partial charge in [0.25, 0.3) is 0 Å². The van der Waals surface area contributed by atoms with E-state index in [9.17, 15) is 9.59 Å². The molecule has 0 aliphatic heterocycles. The van der Waals surface area contributed by atoms with E-state index < -0.39 is 5.97 Å². The van der Waals surface area contributed by atoms with Crippen LogP contribution in [-0.2, 0) is 4.74 Å². The number of carbonyl (C=O) groups is 2. The molecule has 7 heteroatoms. The van der Waals surface area contributed by atoms with Crippen molar-refractivity contribution >= 4 is 34.5 Å². The molecule has 2 aromatic heterocycles. The standard InChI is InChI=1S/C19H21N3O3S/c1-5-25-18(24)17-12(4)20-11(3)16(17)15(23)9-26-19-21-13-7-6-10(2)8-14(13)22-19/h6-8,20H,5,9H2,1-4H3,(H,21,22). The van der Waals surface area contributed by atoms with Crippen LogP contribution in [0.15, 0.2) is 23.4 Å². The number of fused-ring (bicyclic) bond motifs is 1. The van der Waals surface area contributed by atoms with Crippen LogP contribution < -0.4 is 0 Å². The molecule has 0 saturated heterocycles. The van der Waals surface area contributed by atoms with E-state index in [1.807, 2.05) is 25.1 Å². The van der Waals surface area contributed by atoms with E-state index in [1.54, 1.807) is 20.8 Å². The number of hydrogen-bond donors (Lipinski definition) is 2. The molecule has 0 atom stereocenters. The number of thioether (sulfide) groups is 1. The summed E-state index contributed by atoms with van der Waals surface area (Å²) in [6.07, 6.45) is 0. The van der Waals surface area contributed by atoms with Crippen molar-refractivity contribution in [2.45, 2.75) is 32.9 Å². The molecule has 0 aliphatic rings. The van der Waals surface area contributed by atoms with E-state index in [-0.39, 0.29) is 18.1 Å². The van der Waals surface area contributed by atoms with Crippen LogP contribution in [0.3, 0.4) is 0 Å². The number of rotatable bonds is 6. The molecule has 0 saturated carbocycles. The fraction of sp³-hybridized carbons (Fsp3) is 0.316. The summed E-state index contributed by atoms with van der Waals surface area (Å²) >= 11 is 1.32. The second-order valence-corrected chi connectivity index (χ2v) is 7.08. The first kappa shape index (κ1) is 18.3. The molecule has 26 heavy (non-hydrogen) atoms. The zero-order valence-corrected chi connectivity index (χ0v) is 16.0. The SMILES string of the molecule is CCOC(=O)c1c(C)[nH]c(C)c1C(=O)CSc1nc2ccc(C)cc2[nH]1. The summed E-state index contributed by atoms with van der Waals surface area (Å²) < 4.78 is 5.09. The molecular weight excluding hydrogens is 350 g/mol. The zero-order valence-electron chi connectivity index (χ0n) is 15.2. The number of esters is 1. The number of ketones is 1. The van der Waals surface area contributed by atoms with Crippen LogP contribution in [0.5, 0.6) is 0 Å². The van der Waals surface area contributed by atoms with Gasteiger partial charge >= 0.3 is 5.97 Å². The molecule has 0 aliphatic carbocycles. The number of aromatic nitrogens is 3. The summed E-state index contributed by atoms with van der Waals surface area (Å²) in [7, 11) is 0. The maximum atomic E-state index is 12.8. The summed E-state index contributed by atoms with van der Waals surface area (Å²) in [5, 5.41) is 0.682. The monoisotopic (exact) mass is 371 g/mol. The van der Waals surface area contributed by atoms with E-state index in [0.717, 1.165) is 16.6 Å². The quantitative estimate of drug-likeness (QED) is 0.389. The van der Waals surface area contributed by atoms with Crippen molar-refractivity contribution in [1.29, 1.82) is 0 Å². The number of imidazole rings is 1. The van der Waals surface area contributed by atoms with Gasteiger partial charge in [0.2, 0.25) is 0 Å². The van der Waals surface area contributed by atoms with Crippen molar-refractivity contribution in [1.82, 2.24) is 15.0 Å². The molecular formula is C19H21N3O3S. The maximum Gasteiger partial charge on any atom is 0.340 e. The van der Waals surface area contributed by atoms with Crippen LogP contribution in [-0.4, -0.2) is 39.1 Å². The molecule has 0 unspecified atom stereocenters. The normalized spacial score (nSPS) is 11.1. The van der Waals surface area contributed by atoms with E-state index in [4.69, 9.17) is 4.74 Å².